The minimum absolute atomic E-state index is 0.363. The number of carbonyl (C=O) groups excluding carboxylic acids is 1. The molecule has 0 bridgehead atoms. The summed E-state index contributed by atoms with van der Waals surface area (Å²) in [5.74, 6) is -0.431. The minimum Gasteiger partial charge on any atom is -0.355 e. The van der Waals surface area contributed by atoms with Gasteiger partial charge in [-0.15, -0.1) is 0 Å². The first-order valence-electron chi connectivity index (χ1n) is 3.31. The first kappa shape index (κ1) is 11.7. The van der Waals surface area contributed by atoms with E-state index in [1.165, 1.54) is 0 Å². The van der Waals surface area contributed by atoms with Crippen molar-refractivity contribution in [3.63, 3.8) is 0 Å². The second-order valence-electron chi connectivity index (χ2n) is 2.27. The number of halogens is 4. The SMILES string of the molecule is CC(Br)C(=O)NCCC(F)(F)F. The lowest BCUT2D eigenvalue weighted by atomic mass is 10.4. The smallest absolute Gasteiger partial charge is 0.355 e. The third-order valence-corrected chi connectivity index (χ3v) is 1.48. The van der Waals surface area contributed by atoms with Crippen molar-refractivity contribution in [2.75, 3.05) is 6.54 Å². The zero-order valence-corrected chi connectivity index (χ0v) is 8.00. The second kappa shape index (κ2) is 4.69. The summed E-state index contributed by atoms with van der Waals surface area (Å²) >= 11 is 2.93. The molecule has 1 unspecified atom stereocenters. The number of carbonyl (C=O) groups is 1. The fourth-order valence-corrected chi connectivity index (χ4v) is 0.630. The summed E-state index contributed by atoms with van der Waals surface area (Å²) < 4.78 is 34.6. The topological polar surface area (TPSA) is 29.1 Å². The van der Waals surface area contributed by atoms with E-state index in [9.17, 15) is 18.0 Å². The molecule has 12 heavy (non-hydrogen) atoms. The zero-order chi connectivity index (χ0) is 9.78. The maximum absolute atomic E-state index is 11.5. The highest BCUT2D eigenvalue weighted by Gasteiger charge is 2.26. The lowest BCUT2D eigenvalue weighted by Gasteiger charge is -2.08. The van der Waals surface area contributed by atoms with Crippen LogP contribution < -0.4 is 5.32 Å². The number of rotatable bonds is 3. The molecule has 0 aromatic heterocycles. The van der Waals surface area contributed by atoms with Gasteiger partial charge in [0, 0.05) is 6.54 Å². The standard InChI is InChI=1S/C6H9BrF3NO/c1-4(7)5(12)11-3-2-6(8,9)10/h4H,2-3H2,1H3,(H,11,12). The number of nitrogens with one attached hydrogen (secondary N) is 1. The van der Waals surface area contributed by atoms with Gasteiger partial charge < -0.3 is 5.32 Å². The van der Waals surface area contributed by atoms with Crippen LogP contribution in [0.5, 0.6) is 0 Å². The predicted octanol–water partition coefficient (Wildman–Crippen LogP) is 1.84. The van der Waals surface area contributed by atoms with Crippen LogP contribution in [-0.4, -0.2) is 23.5 Å². The van der Waals surface area contributed by atoms with Crippen LogP contribution in [0.3, 0.4) is 0 Å². The molecule has 0 saturated heterocycles. The molecule has 0 aliphatic carbocycles. The Morgan fingerprint density at radius 2 is 2.08 bits per heavy atom. The van der Waals surface area contributed by atoms with Gasteiger partial charge in [-0.25, -0.2) is 0 Å². The second-order valence-corrected chi connectivity index (χ2v) is 3.65. The highest BCUT2D eigenvalue weighted by molar-refractivity contribution is 9.10. The van der Waals surface area contributed by atoms with E-state index in [1.807, 2.05) is 0 Å². The van der Waals surface area contributed by atoms with Crippen molar-refractivity contribution in [3.05, 3.63) is 0 Å². The zero-order valence-electron chi connectivity index (χ0n) is 6.41. The van der Waals surface area contributed by atoms with Crippen LogP contribution >= 0.6 is 15.9 Å². The molecule has 1 N–H and O–H groups in total. The molecule has 0 spiro atoms. The number of hydrogen-bond acceptors (Lipinski definition) is 1. The van der Waals surface area contributed by atoms with E-state index in [0.717, 1.165) is 0 Å². The van der Waals surface area contributed by atoms with Crippen LogP contribution in [0.15, 0.2) is 0 Å². The summed E-state index contributed by atoms with van der Waals surface area (Å²) in [5.41, 5.74) is 0. The van der Waals surface area contributed by atoms with Crippen LogP contribution in [-0.2, 0) is 4.79 Å². The molecule has 0 radical (unpaired) electrons. The molecule has 1 atom stereocenters. The summed E-state index contributed by atoms with van der Waals surface area (Å²) in [6.07, 6.45) is -5.19. The molecule has 0 aliphatic heterocycles. The fourth-order valence-electron chi connectivity index (χ4n) is 0.468. The van der Waals surface area contributed by atoms with Gasteiger partial charge in [0.2, 0.25) is 5.91 Å². The summed E-state index contributed by atoms with van der Waals surface area (Å²) in [7, 11) is 0. The largest absolute Gasteiger partial charge is 0.390 e. The maximum Gasteiger partial charge on any atom is 0.390 e. The molecular weight excluding hydrogens is 239 g/mol. The van der Waals surface area contributed by atoms with Gasteiger partial charge in [0.05, 0.1) is 11.2 Å². The van der Waals surface area contributed by atoms with E-state index in [4.69, 9.17) is 0 Å². The molecule has 0 saturated carbocycles. The van der Waals surface area contributed by atoms with E-state index in [2.05, 4.69) is 21.2 Å². The highest BCUT2D eigenvalue weighted by Crippen LogP contribution is 2.18. The fraction of sp³-hybridized carbons (Fsp3) is 0.833. The molecule has 0 rings (SSSR count). The monoisotopic (exact) mass is 247 g/mol. The van der Waals surface area contributed by atoms with Crippen LogP contribution in [0.4, 0.5) is 13.2 Å². The number of amides is 1. The first-order chi connectivity index (χ1) is 5.33. The Balaban J connectivity index is 3.51. The van der Waals surface area contributed by atoms with Crippen molar-refractivity contribution in [2.45, 2.75) is 24.3 Å². The molecule has 0 aromatic rings. The first-order valence-corrected chi connectivity index (χ1v) is 4.23. The van der Waals surface area contributed by atoms with Gasteiger partial charge >= 0.3 is 6.18 Å². The third kappa shape index (κ3) is 6.45. The summed E-state index contributed by atoms with van der Waals surface area (Å²) in [6, 6.07) is 0. The summed E-state index contributed by atoms with van der Waals surface area (Å²) in [6.45, 7) is 1.18. The van der Waals surface area contributed by atoms with E-state index in [-0.39, 0.29) is 6.54 Å². The van der Waals surface area contributed by atoms with Crippen molar-refractivity contribution in [2.24, 2.45) is 0 Å². The van der Waals surface area contributed by atoms with Gasteiger partial charge in [0.1, 0.15) is 0 Å². The normalized spacial score (nSPS) is 14.1. The highest BCUT2D eigenvalue weighted by atomic mass is 79.9. The lowest BCUT2D eigenvalue weighted by Crippen LogP contribution is -2.32. The van der Waals surface area contributed by atoms with E-state index < -0.39 is 23.3 Å². The predicted molar refractivity (Wildman–Crippen MR) is 42.1 cm³/mol. The van der Waals surface area contributed by atoms with Gasteiger partial charge in [0.15, 0.2) is 0 Å². The molecule has 1 amide bonds. The van der Waals surface area contributed by atoms with E-state index >= 15 is 0 Å². The van der Waals surface area contributed by atoms with Gasteiger partial charge in [-0.2, -0.15) is 13.2 Å². The molecular formula is C6H9BrF3NO. The van der Waals surface area contributed by atoms with Crippen molar-refractivity contribution >= 4 is 21.8 Å². The molecule has 0 aliphatic rings. The Morgan fingerprint density at radius 3 is 2.42 bits per heavy atom. The van der Waals surface area contributed by atoms with Crippen LogP contribution in [0.25, 0.3) is 0 Å². The molecule has 72 valence electrons. The Kier molecular flexibility index (Phi) is 4.59. The van der Waals surface area contributed by atoms with Crippen molar-refractivity contribution in [1.29, 1.82) is 0 Å². The van der Waals surface area contributed by atoms with Crippen LogP contribution in [0, 0.1) is 0 Å². The van der Waals surface area contributed by atoms with Gasteiger partial charge in [-0.1, -0.05) is 15.9 Å². The van der Waals surface area contributed by atoms with Gasteiger partial charge in [0.25, 0.3) is 0 Å². The molecule has 0 heterocycles. The number of hydrogen-bond donors (Lipinski definition) is 1. The molecule has 0 fully saturated rings. The van der Waals surface area contributed by atoms with Gasteiger partial charge in [-0.05, 0) is 6.92 Å². The molecule has 6 heteroatoms. The molecule has 2 nitrogen and oxygen atoms in total. The Morgan fingerprint density at radius 1 is 1.58 bits per heavy atom. The average Bonchev–Trinajstić information content (AvgIpc) is 1.84. The Hall–Kier alpha value is -0.260. The van der Waals surface area contributed by atoms with E-state index in [0.29, 0.717) is 0 Å². The van der Waals surface area contributed by atoms with Crippen molar-refractivity contribution in [1.82, 2.24) is 5.32 Å². The molecule has 0 aromatic carbocycles. The minimum atomic E-state index is -4.21. The quantitative estimate of drug-likeness (QED) is 0.758. The Bertz CT molecular complexity index is 157. The summed E-state index contributed by atoms with van der Waals surface area (Å²) in [5, 5.41) is 2.13. The van der Waals surface area contributed by atoms with Crippen molar-refractivity contribution < 1.29 is 18.0 Å². The van der Waals surface area contributed by atoms with Crippen LogP contribution in [0.1, 0.15) is 13.3 Å². The number of alkyl halides is 4. The lowest BCUT2D eigenvalue weighted by molar-refractivity contribution is -0.135. The van der Waals surface area contributed by atoms with Gasteiger partial charge in [-0.3, -0.25) is 4.79 Å². The van der Waals surface area contributed by atoms with E-state index in [1.54, 1.807) is 6.92 Å². The average molecular weight is 248 g/mol. The summed E-state index contributed by atoms with van der Waals surface area (Å²) in [4.78, 5) is 10.3. The van der Waals surface area contributed by atoms with Crippen LogP contribution in [0.2, 0.25) is 0 Å². The Labute approximate surface area is 76.6 Å². The third-order valence-electron chi connectivity index (χ3n) is 1.07. The maximum atomic E-state index is 11.5. The van der Waals surface area contributed by atoms with Crippen molar-refractivity contribution in [3.8, 4) is 0 Å².